The third kappa shape index (κ3) is 3.49. The van der Waals surface area contributed by atoms with Crippen molar-refractivity contribution in [2.24, 2.45) is 11.7 Å². The fraction of sp³-hybridized carbons (Fsp3) is 1.00. The molecule has 1 saturated carbocycles. The quantitative estimate of drug-likeness (QED) is 0.730. The van der Waals surface area contributed by atoms with Gasteiger partial charge in [-0.2, -0.15) is 11.8 Å². The van der Waals surface area contributed by atoms with Gasteiger partial charge in [-0.05, 0) is 18.8 Å². The van der Waals surface area contributed by atoms with E-state index in [0.717, 1.165) is 5.75 Å². The molecule has 0 aromatic carbocycles. The van der Waals surface area contributed by atoms with Crippen molar-refractivity contribution < 1.29 is 5.11 Å². The van der Waals surface area contributed by atoms with E-state index >= 15 is 0 Å². The van der Waals surface area contributed by atoms with E-state index in [4.69, 9.17) is 5.73 Å². The van der Waals surface area contributed by atoms with Crippen LogP contribution in [0.25, 0.3) is 0 Å². The van der Waals surface area contributed by atoms with Crippen LogP contribution in [-0.4, -0.2) is 27.8 Å². The smallest absolute Gasteiger partial charge is 0.0622 e. The monoisotopic (exact) mass is 203 g/mol. The molecular formula is C10H21NOS. The third-order valence-electron chi connectivity index (χ3n) is 2.46. The van der Waals surface area contributed by atoms with Crippen LogP contribution < -0.4 is 5.73 Å². The number of rotatable bonds is 4. The zero-order valence-electron chi connectivity index (χ0n) is 8.84. The first-order valence-electron chi connectivity index (χ1n) is 4.91. The van der Waals surface area contributed by atoms with Crippen molar-refractivity contribution in [2.75, 3.05) is 12.4 Å². The molecule has 0 heterocycles. The summed E-state index contributed by atoms with van der Waals surface area (Å²) >= 11 is 1.85. The lowest BCUT2D eigenvalue weighted by Gasteiger charge is -2.30. The number of nitrogens with two attached hydrogens (primary N) is 1. The predicted molar refractivity (Wildman–Crippen MR) is 58.9 cm³/mol. The maximum absolute atomic E-state index is 9.25. The zero-order valence-corrected chi connectivity index (χ0v) is 9.66. The van der Waals surface area contributed by atoms with Crippen LogP contribution in [-0.2, 0) is 0 Å². The predicted octanol–water partition coefficient (Wildman–Crippen LogP) is 1.62. The average Bonchev–Trinajstić information content (AvgIpc) is 2.81. The lowest BCUT2D eigenvalue weighted by Crippen LogP contribution is -2.49. The molecule has 0 aliphatic heterocycles. The normalized spacial score (nSPS) is 22.8. The van der Waals surface area contributed by atoms with Crippen LogP contribution in [0.3, 0.4) is 0 Å². The highest BCUT2D eigenvalue weighted by atomic mass is 32.2. The summed E-state index contributed by atoms with van der Waals surface area (Å²) in [4.78, 5) is 0. The molecule has 1 fully saturated rings. The summed E-state index contributed by atoms with van der Waals surface area (Å²) in [6.45, 7) is 6.67. The molecule has 0 saturated heterocycles. The van der Waals surface area contributed by atoms with Gasteiger partial charge in [0.1, 0.15) is 0 Å². The molecule has 13 heavy (non-hydrogen) atoms. The molecule has 0 spiro atoms. The van der Waals surface area contributed by atoms with Crippen LogP contribution >= 0.6 is 11.8 Å². The van der Waals surface area contributed by atoms with E-state index < -0.39 is 0 Å². The van der Waals surface area contributed by atoms with Gasteiger partial charge in [-0.3, -0.25) is 0 Å². The van der Waals surface area contributed by atoms with E-state index in [-0.39, 0.29) is 16.9 Å². The summed E-state index contributed by atoms with van der Waals surface area (Å²) in [5, 5.41) is 9.25. The van der Waals surface area contributed by atoms with E-state index in [1.54, 1.807) is 0 Å². The highest BCUT2D eigenvalue weighted by Crippen LogP contribution is 2.41. The summed E-state index contributed by atoms with van der Waals surface area (Å²) in [5.74, 6) is 1.44. The number of thioether (sulfide) groups is 1. The molecule has 1 atom stereocenters. The lowest BCUT2D eigenvalue weighted by atomic mass is 9.99. The standard InChI is InChI=1S/C10H21NOS/c1-9(2,3)13-7-10(11,6-12)8-4-5-8/h8,12H,4-7,11H2,1-3H3. The van der Waals surface area contributed by atoms with Crippen LogP contribution in [0, 0.1) is 5.92 Å². The molecule has 1 unspecified atom stereocenters. The van der Waals surface area contributed by atoms with Gasteiger partial charge in [-0.15, -0.1) is 0 Å². The second-order valence-electron chi connectivity index (χ2n) is 5.07. The minimum atomic E-state index is -0.321. The molecule has 1 aliphatic carbocycles. The van der Waals surface area contributed by atoms with Crippen LogP contribution in [0.5, 0.6) is 0 Å². The Morgan fingerprint density at radius 2 is 1.92 bits per heavy atom. The molecule has 1 rings (SSSR count). The van der Waals surface area contributed by atoms with Crippen molar-refractivity contribution in [2.45, 2.75) is 43.9 Å². The first kappa shape index (κ1) is 11.3. The van der Waals surface area contributed by atoms with Gasteiger partial charge in [0, 0.05) is 10.5 Å². The second-order valence-corrected chi connectivity index (χ2v) is 6.87. The largest absolute Gasteiger partial charge is 0.394 e. The molecule has 0 aromatic rings. The minimum absolute atomic E-state index is 0.126. The van der Waals surface area contributed by atoms with Crippen molar-refractivity contribution in [3.8, 4) is 0 Å². The van der Waals surface area contributed by atoms with E-state index in [1.165, 1.54) is 12.8 Å². The molecular weight excluding hydrogens is 182 g/mol. The fourth-order valence-electron chi connectivity index (χ4n) is 1.30. The Kier molecular flexibility index (Phi) is 3.31. The Morgan fingerprint density at radius 3 is 2.23 bits per heavy atom. The fourth-order valence-corrected chi connectivity index (χ4v) is 2.33. The first-order chi connectivity index (χ1) is 5.87. The Balaban J connectivity index is 2.39. The van der Waals surface area contributed by atoms with Gasteiger partial charge in [0.15, 0.2) is 0 Å². The third-order valence-corrected chi connectivity index (χ3v) is 4.01. The zero-order chi connectivity index (χ0) is 10.1. The van der Waals surface area contributed by atoms with E-state index in [9.17, 15) is 5.11 Å². The minimum Gasteiger partial charge on any atom is -0.394 e. The van der Waals surface area contributed by atoms with Crippen molar-refractivity contribution in [1.29, 1.82) is 0 Å². The summed E-state index contributed by atoms with van der Waals surface area (Å²) in [7, 11) is 0. The SMILES string of the molecule is CC(C)(C)SCC(N)(CO)C1CC1. The number of hydrogen-bond acceptors (Lipinski definition) is 3. The molecule has 0 radical (unpaired) electrons. The molecule has 0 amide bonds. The van der Waals surface area contributed by atoms with E-state index in [1.807, 2.05) is 11.8 Å². The Hall–Kier alpha value is 0.270. The molecule has 3 N–H and O–H groups in total. The molecule has 0 bridgehead atoms. The van der Waals surface area contributed by atoms with Gasteiger partial charge in [0.05, 0.1) is 12.1 Å². The number of aliphatic hydroxyl groups excluding tert-OH is 1. The molecule has 78 valence electrons. The van der Waals surface area contributed by atoms with Crippen LogP contribution in [0.4, 0.5) is 0 Å². The first-order valence-corrected chi connectivity index (χ1v) is 5.90. The van der Waals surface area contributed by atoms with Crippen molar-refractivity contribution >= 4 is 11.8 Å². The van der Waals surface area contributed by atoms with Crippen LogP contribution in [0.15, 0.2) is 0 Å². The number of aliphatic hydroxyl groups is 1. The van der Waals surface area contributed by atoms with Gasteiger partial charge in [0.2, 0.25) is 0 Å². The van der Waals surface area contributed by atoms with Gasteiger partial charge >= 0.3 is 0 Å². The van der Waals surface area contributed by atoms with E-state index in [0.29, 0.717) is 5.92 Å². The highest BCUT2D eigenvalue weighted by Gasteiger charge is 2.42. The molecule has 0 aromatic heterocycles. The van der Waals surface area contributed by atoms with Gasteiger partial charge in [0.25, 0.3) is 0 Å². The summed E-state index contributed by atoms with van der Waals surface area (Å²) < 4.78 is 0.245. The molecule has 1 aliphatic rings. The second kappa shape index (κ2) is 3.79. The Morgan fingerprint density at radius 1 is 1.38 bits per heavy atom. The van der Waals surface area contributed by atoms with Crippen molar-refractivity contribution in [1.82, 2.24) is 0 Å². The maximum Gasteiger partial charge on any atom is 0.0622 e. The Labute approximate surface area is 85.3 Å². The Bertz CT molecular complexity index is 174. The maximum atomic E-state index is 9.25. The topological polar surface area (TPSA) is 46.2 Å². The van der Waals surface area contributed by atoms with E-state index in [2.05, 4.69) is 20.8 Å². The van der Waals surface area contributed by atoms with Crippen molar-refractivity contribution in [3.05, 3.63) is 0 Å². The lowest BCUT2D eigenvalue weighted by molar-refractivity contribution is 0.194. The summed E-state index contributed by atoms with van der Waals surface area (Å²) in [5.41, 5.74) is 5.82. The summed E-state index contributed by atoms with van der Waals surface area (Å²) in [6, 6.07) is 0. The average molecular weight is 203 g/mol. The van der Waals surface area contributed by atoms with Gasteiger partial charge < -0.3 is 10.8 Å². The van der Waals surface area contributed by atoms with Crippen LogP contribution in [0.1, 0.15) is 33.6 Å². The molecule has 2 nitrogen and oxygen atoms in total. The number of hydrogen-bond donors (Lipinski definition) is 2. The summed E-state index contributed by atoms with van der Waals surface area (Å²) in [6.07, 6.45) is 2.39. The highest BCUT2D eigenvalue weighted by molar-refractivity contribution is 8.00. The van der Waals surface area contributed by atoms with Crippen molar-refractivity contribution in [3.63, 3.8) is 0 Å². The van der Waals surface area contributed by atoms with Crippen LogP contribution in [0.2, 0.25) is 0 Å². The van der Waals surface area contributed by atoms with Gasteiger partial charge in [-0.25, -0.2) is 0 Å². The molecule has 3 heteroatoms. The van der Waals surface area contributed by atoms with Gasteiger partial charge in [-0.1, -0.05) is 20.8 Å².